The fourth-order valence-electron chi connectivity index (χ4n) is 2.84. The molecule has 1 aliphatic rings. The number of nitrogens with zero attached hydrogens (tertiary/aromatic N) is 1. The van der Waals surface area contributed by atoms with Crippen LogP contribution in [-0.4, -0.2) is 35.4 Å². The molecule has 1 atom stereocenters. The number of halogens is 1. The van der Waals surface area contributed by atoms with Crippen LogP contribution in [0.4, 0.5) is 9.59 Å². The van der Waals surface area contributed by atoms with Crippen LogP contribution in [-0.2, 0) is 15.9 Å². The lowest BCUT2D eigenvalue weighted by atomic mass is 10.1. The van der Waals surface area contributed by atoms with E-state index < -0.39 is 17.8 Å². The summed E-state index contributed by atoms with van der Waals surface area (Å²) in [6, 6.07) is 4.72. The van der Waals surface area contributed by atoms with Gasteiger partial charge < -0.3 is 14.2 Å². The molecule has 26 heavy (non-hydrogen) atoms. The molecule has 0 saturated carbocycles. The molecule has 0 unspecified atom stereocenters. The fourth-order valence-corrected chi connectivity index (χ4v) is 2.93. The Hall–Kier alpha value is -2.39. The molecule has 140 valence electrons. The lowest BCUT2D eigenvalue weighted by molar-refractivity contribution is 0.0190. The van der Waals surface area contributed by atoms with Crippen molar-refractivity contribution in [2.24, 2.45) is 0 Å². The van der Waals surface area contributed by atoms with E-state index >= 15 is 0 Å². The van der Waals surface area contributed by atoms with Crippen LogP contribution in [0, 0.1) is 12.3 Å². The third kappa shape index (κ3) is 5.06. The molecule has 0 heterocycles. The summed E-state index contributed by atoms with van der Waals surface area (Å²) < 4.78 is 15.1. The zero-order valence-corrected chi connectivity index (χ0v) is 15.8. The zero-order valence-electron chi connectivity index (χ0n) is 15.1. The number of fused-ring (bicyclic) bond motifs is 1. The van der Waals surface area contributed by atoms with E-state index in [0.29, 0.717) is 12.2 Å². The Morgan fingerprint density at radius 2 is 2.12 bits per heavy atom. The number of benzene rings is 1. The maximum atomic E-state index is 12.6. The van der Waals surface area contributed by atoms with Gasteiger partial charge in [-0.05, 0) is 56.9 Å². The molecule has 0 saturated heterocycles. The summed E-state index contributed by atoms with van der Waals surface area (Å²) in [5.74, 6) is 2.83. The highest BCUT2D eigenvalue weighted by Crippen LogP contribution is 2.38. The minimum atomic E-state index is -0.887. The highest BCUT2D eigenvalue weighted by molar-refractivity contribution is 6.17. The largest absolute Gasteiger partial charge is 0.515 e. The van der Waals surface area contributed by atoms with Crippen molar-refractivity contribution >= 4 is 23.8 Å². The van der Waals surface area contributed by atoms with E-state index in [0.717, 1.165) is 17.5 Å². The van der Waals surface area contributed by atoms with Crippen molar-refractivity contribution in [3.63, 3.8) is 0 Å². The summed E-state index contributed by atoms with van der Waals surface area (Å²) in [4.78, 5) is 25.6. The Labute approximate surface area is 158 Å². The Balaban J connectivity index is 2.25. The molecule has 6 nitrogen and oxygen atoms in total. The van der Waals surface area contributed by atoms with Gasteiger partial charge in [-0.1, -0.05) is 23.6 Å². The molecule has 1 aromatic carbocycles. The number of alkyl halides is 1. The van der Waals surface area contributed by atoms with Gasteiger partial charge in [-0.3, -0.25) is 4.90 Å². The maximum absolute atomic E-state index is 12.6. The predicted octanol–water partition coefficient (Wildman–Crippen LogP) is 4.26. The van der Waals surface area contributed by atoms with Crippen molar-refractivity contribution in [1.82, 2.24) is 4.90 Å². The molecule has 0 spiro atoms. The van der Waals surface area contributed by atoms with Crippen molar-refractivity contribution in [1.29, 1.82) is 0 Å². The first-order chi connectivity index (χ1) is 12.2. The molecule has 1 aromatic rings. The van der Waals surface area contributed by atoms with Gasteiger partial charge in [0.2, 0.25) is 0 Å². The minimum Gasteiger partial charge on any atom is -0.444 e. The zero-order chi connectivity index (χ0) is 19.3. The fraction of sp³-hybridized carbons (Fsp3) is 0.474. The van der Waals surface area contributed by atoms with Gasteiger partial charge in [0.15, 0.2) is 6.07 Å². The standard InChI is InChI=1S/C19H22ClNO5/c1-5-10-21(17(22)26-19(2,3)4)16-9-7-13-6-8-14(11-15(13)16)25-18(23)24-12-20/h1,6,8,11,16H,7,9-10,12H2,2-4H3/t16-/m1/s1. The number of hydrogen-bond acceptors (Lipinski definition) is 5. The first-order valence-corrected chi connectivity index (χ1v) is 8.75. The predicted molar refractivity (Wildman–Crippen MR) is 97.1 cm³/mol. The molecule has 0 aromatic heterocycles. The van der Waals surface area contributed by atoms with Crippen molar-refractivity contribution in [2.75, 3.05) is 12.6 Å². The summed E-state index contributed by atoms with van der Waals surface area (Å²) in [5, 5.41) is 0. The number of aryl methyl sites for hydroxylation is 1. The molecule has 1 aliphatic carbocycles. The Bertz CT molecular complexity index is 720. The Morgan fingerprint density at radius 3 is 2.73 bits per heavy atom. The Morgan fingerprint density at radius 1 is 1.38 bits per heavy atom. The van der Waals surface area contributed by atoms with Gasteiger partial charge >= 0.3 is 12.2 Å². The summed E-state index contributed by atoms with van der Waals surface area (Å²) in [6.07, 6.45) is 5.59. The molecule has 0 radical (unpaired) electrons. The van der Waals surface area contributed by atoms with E-state index in [1.807, 2.05) is 6.07 Å². The monoisotopic (exact) mass is 379 g/mol. The van der Waals surface area contributed by atoms with Crippen molar-refractivity contribution in [3.05, 3.63) is 29.3 Å². The molecular weight excluding hydrogens is 358 g/mol. The lowest BCUT2D eigenvalue weighted by Gasteiger charge is -2.31. The quantitative estimate of drug-likeness (QED) is 0.338. The van der Waals surface area contributed by atoms with Crippen LogP contribution >= 0.6 is 11.6 Å². The second-order valence-corrected chi connectivity index (χ2v) is 7.05. The minimum absolute atomic E-state index is 0.123. The van der Waals surface area contributed by atoms with E-state index in [1.54, 1.807) is 32.9 Å². The smallest absolute Gasteiger partial charge is 0.444 e. The SMILES string of the molecule is C#CCN(C(=O)OC(C)(C)C)[C@@H]1CCc2ccc(OC(=O)OCCl)cc21. The van der Waals surface area contributed by atoms with E-state index in [1.165, 1.54) is 4.90 Å². The van der Waals surface area contributed by atoms with Crippen LogP contribution in [0.25, 0.3) is 0 Å². The number of hydrogen-bond donors (Lipinski definition) is 0. The van der Waals surface area contributed by atoms with Crippen molar-refractivity contribution in [3.8, 4) is 18.1 Å². The van der Waals surface area contributed by atoms with Crippen LogP contribution < -0.4 is 4.74 Å². The average Bonchev–Trinajstić information content (AvgIpc) is 2.94. The van der Waals surface area contributed by atoms with Crippen molar-refractivity contribution in [2.45, 2.75) is 45.3 Å². The van der Waals surface area contributed by atoms with Crippen LogP contribution in [0.3, 0.4) is 0 Å². The molecule has 0 fully saturated rings. The van der Waals surface area contributed by atoms with Gasteiger partial charge in [-0.2, -0.15) is 0 Å². The van der Waals surface area contributed by atoms with Gasteiger partial charge in [0.05, 0.1) is 12.6 Å². The summed E-state index contributed by atoms with van der Waals surface area (Å²) in [5.41, 5.74) is 1.32. The highest BCUT2D eigenvalue weighted by atomic mass is 35.5. The number of carbonyl (C=O) groups excluding carboxylic acids is 2. The maximum Gasteiger partial charge on any atom is 0.515 e. The first-order valence-electron chi connectivity index (χ1n) is 8.21. The van der Waals surface area contributed by atoms with Gasteiger partial charge in [-0.15, -0.1) is 6.42 Å². The van der Waals surface area contributed by atoms with E-state index in [9.17, 15) is 9.59 Å². The second kappa shape index (κ2) is 8.33. The molecule has 0 aliphatic heterocycles. The van der Waals surface area contributed by atoms with Gasteiger partial charge in [0.25, 0.3) is 0 Å². The summed E-state index contributed by atoms with van der Waals surface area (Å²) in [7, 11) is 0. The molecule has 0 N–H and O–H groups in total. The third-order valence-electron chi connectivity index (χ3n) is 3.80. The molecule has 7 heteroatoms. The van der Waals surface area contributed by atoms with Gasteiger partial charge in [-0.25, -0.2) is 9.59 Å². The van der Waals surface area contributed by atoms with Gasteiger partial charge in [0, 0.05) is 0 Å². The molecule has 0 bridgehead atoms. The number of rotatable bonds is 4. The number of ether oxygens (including phenoxy) is 3. The summed E-state index contributed by atoms with van der Waals surface area (Å²) >= 11 is 5.34. The topological polar surface area (TPSA) is 65.1 Å². The third-order valence-corrected chi connectivity index (χ3v) is 3.91. The van der Waals surface area contributed by atoms with Crippen LogP contribution in [0.2, 0.25) is 0 Å². The lowest BCUT2D eigenvalue weighted by Crippen LogP contribution is -2.39. The van der Waals surface area contributed by atoms with Crippen LogP contribution in [0.5, 0.6) is 5.75 Å². The van der Waals surface area contributed by atoms with E-state index in [2.05, 4.69) is 10.7 Å². The number of amides is 1. The van der Waals surface area contributed by atoms with Crippen LogP contribution in [0.15, 0.2) is 18.2 Å². The van der Waals surface area contributed by atoms with E-state index in [-0.39, 0.29) is 18.7 Å². The number of carbonyl (C=O) groups is 2. The van der Waals surface area contributed by atoms with Gasteiger partial charge in [0.1, 0.15) is 11.4 Å². The summed E-state index contributed by atoms with van der Waals surface area (Å²) in [6.45, 7) is 5.53. The normalized spacial score (nSPS) is 15.6. The highest BCUT2D eigenvalue weighted by Gasteiger charge is 2.33. The van der Waals surface area contributed by atoms with Crippen molar-refractivity contribution < 1.29 is 23.8 Å². The molecule has 1 amide bonds. The molecular formula is C19H22ClNO5. The average molecular weight is 380 g/mol. The number of terminal acetylenes is 1. The second-order valence-electron chi connectivity index (χ2n) is 6.83. The first kappa shape index (κ1) is 19.9. The van der Waals surface area contributed by atoms with E-state index in [4.69, 9.17) is 27.5 Å². The Kier molecular flexibility index (Phi) is 6.38. The molecule has 2 rings (SSSR count). The van der Waals surface area contributed by atoms with Crippen LogP contribution in [0.1, 0.15) is 44.4 Å².